The molecule has 276 valence electrons. The molecule has 12 heteroatoms. The molecule has 0 aliphatic carbocycles. The van der Waals surface area contributed by atoms with Crippen molar-refractivity contribution in [2.75, 3.05) is 39.3 Å². The van der Waals surface area contributed by atoms with Gasteiger partial charge in [-0.2, -0.15) is 0 Å². The monoisotopic (exact) mass is 720 g/mol. The molecule has 2 aliphatic heterocycles. The first-order chi connectivity index (χ1) is 25.8. The number of hydrogen-bond donors (Lipinski definition) is 2. The maximum Gasteiger partial charge on any atom is 0.269 e. The lowest BCUT2D eigenvalue weighted by Gasteiger charge is -2.32. The van der Waals surface area contributed by atoms with Gasteiger partial charge in [-0.15, -0.1) is 0 Å². The molecule has 0 bridgehead atoms. The minimum absolute atomic E-state index is 0.185. The van der Waals surface area contributed by atoms with Gasteiger partial charge in [0.25, 0.3) is 11.1 Å². The molecule has 10 nitrogen and oxygen atoms in total. The topological polar surface area (TPSA) is 114 Å². The average molecular weight is 721 g/mol. The molecule has 53 heavy (non-hydrogen) atoms. The van der Waals surface area contributed by atoms with Crippen LogP contribution in [0.15, 0.2) is 101 Å². The fourth-order valence-electron chi connectivity index (χ4n) is 7.36. The zero-order chi connectivity index (χ0) is 36.7. The van der Waals surface area contributed by atoms with Crippen molar-refractivity contribution in [3.8, 4) is 0 Å². The van der Waals surface area contributed by atoms with E-state index in [0.717, 1.165) is 71.5 Å². The van der Waals surface area contributed by atoms with E-state index in [1.165, 1.54) is 53.0 Å². The fourth-order valence-corrected chi connectivity index (χ4v) is 7.36. The quantitative estimate of drug-likeness (QED) is 0.217. The van der Waals surface area contributed by atoms with Gasteiger partial charge in [0.05, 0.1) is 34.5 Å². The number of benzene rings is 4. The SMILES string of the molecule is NC1CCN(CCn2c(=O)cnc3ccc(F)cc32)CC1.O=c1cnc2ccc(F)cc2n1CCN1CCC(NCc2ccc3ccccc3c2)CC1. The number of aromatic nitrogens is 4. The fraction of sp³-hybridized carbons (Fsp3) is 0.366. The summed E-state index contributed by atoms with van der Waals surface area (Å²) in [7, 11) is 0. The molecule has 2 aliphatic rings. The summed E-state index contributed by atoms with van der Waals surface area (Å²) >= 11 is 0. The van der Waals surface area contributed by atoms with E-state index in [0.29, 0.717) is 47.2 Å². The zero-order valence-corrected chi connectivity index (χ0v) is 29.8. The van der Waals surface area contributed by atoms with Gasteiger partial charge in [-0.3, -0.25) is 9.59 Å². The molecule has 2 saturated heterocycles. The van der Waals surface area contributed by atoms with Crippen LogP contribution in [-0.4, -0.2) is 80.3 Å². The second-order valence-electron chi connectivity index (χ2n) is 14.1. The summed E-state index contributed by atoms with van der Waals surface area (Å²) in [6.07, 6.45) is 6.75. The molecule has 0 amide bonds. The molecule has 0 unspecified atom stereocenters. The lowest BCUT2D eigenvalue weighted by atomic mass is 10.0. The van der Waals surface area contributed by atoms with Crippen molar-refractivity contribution in [3.05, 3.63) is 129 Å². The summed E-state index contributed by atoms with van der Waals surface area (Å²) in [5.74, 6) is -0.704. The maximum atomic E-state index is 13.7. The Morgan fingerprint density at radius 2 is 1.17 bits per heavy atom. The van der Waals surface area contributed by atoms with Crippen LogP contribution in [0.2, 0.25) is 0 Å². The number of likely N-dealkylation sites (tertiary alicyclic amines) is 2. The minimum Gasteiger partial charge on any atom is -0.328 e. The number of hydrogen-bond acceptors (Lipinski definition) is 8. The first kappa shape index (κ1) is 36.5. The predicted molar refractivity (Wildman–Crippen MR) is 206 cm³/mol. The minimum atomic E-state index is -0.354. The summed E-state index contributed by atoms with van der Waals surface area (Å²) in [6, 6.07) is 24.6. The highest BCUT2D eigenvalue weighted by Crippen LogP contribution is 2.18. The van der Waals surface area contributed by atoms with Gasteiger partial charge < -0.3 is 30.0 Å². The Kier molecular flexibility index (Phi) is 11.6. The Balaban J connectivity index is 0.000000179. The Bertz CT molecular complexity index is 2290. The molecule has 8 rings (SSSR count). The van der Waals surface area contributed by atoms with Crippen molar-refractivity contribution in [1.82, 2.24) is 34.2 Å². The Morgan fingerprint density at radius 3 is 1.74 bits per heavy atom. The summed E-state index contributed by atoms with van der Waals surface area (Å²) in [6.45, 7) is 7.37. The zero-order valence-electron chi connectivity index (χ0n) is 29.8. The standard InChI is InChI=1S/C26H27FN4O.C15H19FN4O/c27-22-7-8-24-25(16-22)31(26(32)18-29-24)14-13-30-11-9-23(10-12-30)28-17-19-5-6-20-3-1-2-4-21(20)15-19;16-11-1-2-13-14(9-11)20(15(21)10-18-13)8-7-19-5-3-12(17)4-6-19/h1-8,15-16,18,23,28H,9-14,17H2;1-2,9-10,12H,3-8,17H2. The molecular formula is C41H46F2N8O2. The summed E-state index contributed by atoms with van der Waals surface area (Å²) in [4.78, 5) is 37.2. The number of nitrogens with zero attached hydrogens (tertiary/aromatic N) is 6. The van der Waals surface area contributed by atoms with E-state index in [1.54, 1.807) is 21.3 Å². The molecule has 0 atom stereocenters. The molecule has 0 radical (unpaired) electrons. The van der Waals surface area contributed by atoms with E-state index < -0.39 is 0 Å². The molecule has 2 aromatic heterocycles. The lowest BCUT2D eigenvalue weighted by molar-refractivity contribution is 0.191. The smallest absolute Gasteiger partial charge is 0.269 e. The highest BCUT2D eigenvalue weighted by molar-refractivity contribution is 5.83. The van der Waals surface area contributed by atoms with Gasteiger partial charge in [0.1, 0.15) is 11.6 Å². The third kappa shape index (κ3) is 9.20. The van der Waals surface area contributed by atoms with Gasteiger partial charge in [0, 0.05) is 44.8 Å². The van der Waals surface area contributed by atoms with E-state index in [9.17, 15) is 18.4 Å². The first-order valence-corrected chi connectivity index (χ1v) is 18.5. The molecule has 3 N–H and O–H groups in total. The van der Waals surface area contributed by atoms with Crippen LogP contribution < -0.4 is 22.2 Å². The highest BCUT2D eigenvalue weighted by atomic mass is 19.1. The van der Waals surface area contributed by atoms with E-state index in [2.05, 4.69) is 67.5 Å². The maximum absolute atomic E-state index is 13.7. The van der Waals surface area contributed by atoms with Crippen LogP contribution >= 0.6 is 0 Å². The van der Waals surface area contributed by atoms with Gasteiger partial charge in [-0.25, -0.2) is 18.7 Å². The molecule has 2 fully saturated rings. The number of halogens is 2. The van der Waals surface area contributed by atoms with Gasteiger partial charge in [0.15, 0.2) is 0 Å². The van der Waals surface area contributed by atoms with Gasteiger partial charge >= 0.3 is 0 Å². The molecule has 0 spiro atoms. The second-order valence-corrected chi connectivity index (χ2v) is 14.1. The number of piperidine rings is 2. The van der Waals surface area contributed by atoms with Crippen LogP contribution in [0.4, 0.5) is 8.78 Å². The molecule has 4 heterocycles. The van der Waals surface area contributed by atoms with Crippen molar-refractivity contribution in [1.29, 1.82) is 0 Å². The van der Waals surface area contributed by atoms with Gasteiger partial charge in [-0.05, 0) is 111 Å². The average Bonchev–Trinajstić information content (AvgIpc) is 3.17. The number of rotatable bonds is 9. The van der Waals surface area contributed by atoms with E-state index in [4.69, 9.17) is 5.73 Å². The number of nitrogens with one attached hydrogen (secondary N) is 1. The number of fused-ring (bicyclic) bond motifs is 3. The first-order valence-electron chi connectivity index (χ1n) is 18.5. The third-order valence-electron chi connectivity index (χ3n) is 10.5. The Morgan fingerprint density at radius 1 is 0.642 bits per heavy atom. The molecule has 4 aromatic carbocycles. The molecule has 6 aromatic rings. The lowest BCUT2D eigenvalue weighted by Crippen LogP contribution is -2.43. The number of nitrogens with two attached hydrogens (primary N) is 1. The van der Waals surface area contributed by atoms with Crippen molar-refractivity contribution in [3.63, 3.8) is 0 Å². The van der Waals surface area contributed by atoms with E-state index in [1.807, 2.05) is 0 Å². The molecular weight excluding hydrogens is 675 g/mol. The summed E-state index contributed by atoms with van der Waals surface area (Å²) in [5.41, 5.74) is 9.21. The van der Waals surface area contributed by atoms with Crippen LogP contribution in [0.5, 0.6) is 0 Å². The molecule has 0 saturated carbocycles. The van der Waals surface area contributed by atoms with E-state index >= 15 is 0 Å². The van der Waals surface area contributed by atoms with Crippen LogP contribution in [0.1, 0.15) is 31.2 Å². The van der Waals surface area contributed by atoms with Crippen molar-refractivity contribution < 1.29 is 8.78 Å². The predicted octanol–water partition coefficient (Wildman–Crippen LogP) is 4.90. The largest absolute Gasteiger partial charge is 0.328 e. The van der Waals surface area contributed by atoms with Crippen LogP contribution in [-0.2, 0) is 19.6 Å². The second kappa shape index (κ2) is 16.9. The van der Waals surface area contributed by atoms with Crippen molar-refractivity contribution >= 4 is 32.8 Å². The van der Waals surface area contributed by atoms with Crippen LogP contribution in [0.25, 0.3) is 32.8 Å². The van der Waals surface area contributed by atoms with Crippen LogP contribution in [0, 0.1) is 11.6 Å². The normalized spacial score (nSPS) is 16.3. The third-order valence-corrected chi connectivity index (χ3v) is 10.5. The van der Waals surface area contributed by atoms with Gasteiger partial charge in [0.2, 0.25) is 0 Å². The van der Waals surface area contributed by atoms with Crippen molar-refractivity contribution in [2.24, 2.45) is 5.73 Å². The Labute approximate surface area is 306 Å². The summed E-state index contributed by atoms with van der Waals surface area (Å²) in [5, 5.41) is 6.25. The Hall–Kier alpha value is -4.88. The van der Waals surface area contributed by atoms with Crippen molar-refractivity contribution in [2.45, 2.75) is 57.4 Å². The highest BCUT2D eigenvalue weighted by Gasteiger charge is 2.19. The van der Waals surface area contributed by atoms with E-state index in [-0.39, 0.29) is 22.8 Å². The summed E-state index contributed by atoms with van der Waals surface area (Å²) < 4.78 is 30.3. The van der Waals surface area contributed by atoms with Gasteiger partial charge in [-0.1, -0.05) is 36.4 Å². The van der Waals surface area contributed by atoms with Crippen LogP contribution in [0.3, 0.4) is 0 Å².